The molecule has 2 aliphatic heterocycles. The predicted molar refractivity (Wildman–Crippen MR) is 75.9 cm³/mol. The van der Waals surface area contributed by atoms with Gasteiger partial charge in [0.15, 0.2) is 0 Å². The molecule has 106 valence electrons. The van der Waals surface area contributed by atoms with Crippen molar-refractivity contribution in [3.05, 3.63) is 0 Å². The Morgan fingerprint density at radius 2 is 2.06 bits per heavy atom. The van der Waals surface area contributed by atoms with Crippen molar-refractivity contribution in [1.29, 1.82) is 0 Å². The molecule has 0 bridgehead atoms. The second-order valence-corrected chi connectivity index (χ2v) is 6.37. The third-order valence-electron chi connectivity index (χ3n) is 5.10. The van der Waals surface area contributed by atoms with Gasteiger partial charge in [0.2, 0.25) is 0 Å². The van der Waals surface area contributed by atoms with E-state index in [1.807, 2.05) is 0 Å². The molecule has 2 fully saturated rings. The average molecular weight is 254 g/mol. The second-order valence-electron chi connectivity index (χ2n) is 6.37. The summed E-state index contributed by atoms with van der Waals surface area (Å²) in [6.45, 7) is 13.5. The monoisotopic (exact) mass is 254 g/mol. The van der Waals surface area contributed by atoms with Crippen molar-refractivity contribution in [2.45, 2.75) is 64.6 Å². The number of ether oxygens (including phenoxy) is 1. The topological polar surface area (TPSA) is 24.5 Å². The lowest BCUT2D eigenvalue weighted by Gasteiger charge is -2.51. The highest BCUT2D eigenvalue weighted by Gasteiger charge is 2.41. The van der Waals surface area contributed by atoms with Crippen molar-refractivity contribution in [2.75, 3.05) is 26.3 Å². The zero-order chi connectivity index (χ0) is 13.2. The minimum atomic E-state index is 0.327. The van der Waals surface area contributed by atoms with Gasteiger partial charge in [0.25, 0.3) is 0 Å². The molecule has 0 aromatic heterocycles. The lowest BCUT2D eigenvalue weighted by molar-refractivity contribution is 0.0129. The summed E-state index contributed by atoms with van der Waals surface area (Å²) in [5.74, 6) is 0.713. The van der Waals surface area contributed by atoms with Crippen LogP contribution in [0.4, 0.5) is 0 Å². The first kappa shape index (κ1) is 14.3. The summed E-state index contributed by atoms with van der Waals surface area (Å²) in [6.07, 6.45) is 3.66. The third kappa shape index (κ3) is 2.73. The fourth-order valence-corrected chi connectivity index (χ4v) is 3.49. The molecule has 2 aliphatic rings. The van der Waals surface area contributed by atoms with Gasteiger partial charge in [-0.2, -0.15) is 0 Å². The van der Waals surface area contributed by atoms with Gasteiger partial charge in [-0.15, -0.1) is 0 Å². The molecule has 3 heteroatoms. The molecule has 0 radical (unpaired) electrons. The molecule has 2 atom stereocenters. The van der Waals surface area contributed by atoms with Crippen LogP contribution in [-0.4, -0.2) is 48.8 Å². The minimum Gasteiger partial charge on any atom is -0.380 e. The Kier molecular flexibility index (Phi) is 4.68. The Hall–Kier alpha value is -0.120. The van der Waals surface area contributed by atoms with Gasteiger partial charge in [-0.05, 0) is 25.2 Å². The molecule has 0 aliphatic carbocycles. The van der Waals surface area contributed by atoms with Gasteiger partial charge in [0.05, 0.1) is 6.61 Å². The summed E-state index contributed by atoms with van der Waals surface area (Å²) in [5.41, 5.74) is 0.327. The number of hydrogen-bond acceptors (Lipinski definition) is 3. The van der Waals surface area contributed by atoms with Gasteiger partial charge >= 0.3 is 0 Å². The van der Waals surface area contributed by atoms with Gasteiger partial charge in [-0.1, -0.05) is 27.7 Å². The van der Waals surface area contributed by atoms with Crippen molar-refractivity contribution >= 4 is 0 Å². The van der Waals surface area contributed by atoms with E-state index in [0.717, 1.165) is 19.8 Å². The van der Waals surface area contributed by atoms with E-state index in [1.54, 1.807) is 0 Å². The van der Waals surface area contributed by atoms with Crippen molar-refractivity contribution in [2.24, 2.45) is 5.92 Å². The van der Waals surface area contributed by atoms with E-state index >= 15 is 0 Å². The van der Waals surface area contributed by atoms with Crippen molar-refractivity contribution in [3.8, 4) is 0 Å². The second kappa shape index (κ2) is 5.89. The molecule has 0 spiro atoms. The molecule has 1 N–H and O–H groups in total. The van der Waals surface area contributed by atoms with Crippen LogP contribution in [0.3, 0.4) is 0 Å². The highest BCUT2D eigenvalue weighted by Crippen LogP contribution is 2.29. The van der Waals surface area contributed by atoms with Crippen LogP contribution in [0.15, 0.2) is 0 Å². The largest absolute Gasteiger partial charge is 0.380 e. The fraction of sp³-hybridized carbons (Fsp3) is 1.00. The Labute approximate surface area is 112 Å². The van der Waals surface area contributed by atoms with Crippen LogP contribution in [0.25, 0.3) is 0 Å². The molecular weight excluding hydrogens is 224 g/mol. The van der Waals surface area contributed by atoms with Gasteiger partial charge in [-0.3, -0.25) is 4.90 Å². The molecule has 0 amide bonds. The minimum absolute atomic E-state index is 0.327. The van der Waals surface area contributed by atoms with Crippen molar-refractivity contribution in [1.82, 2.24) is 10.2 Å². The van der Waals surface area contributed by atoms with E-state index in [-0.39, 0.29) is 0 Å². The standard InChI is InChI=1S/C15H30N2O/c1-5-15(6-2)11-17(13-7-8-18-10-13)14(9-16-15)12(3)4/h12-14,16H,5-11H2,1-4H3. The molecular formula is C15H30N2O. The quantitative estimate of drug-likeness (QED) is 0.833. The van der Waals surface area contributed by atoms with Gasteiger partial charge in [0.1, 0.15) is 0 Å². The zero-order valence-corrected chi connectivity index (χ0v) is 12.5. The van der Waals surface area contributed by atoms with Gasteiger partial charge in [0, 0.05) is 37.3 Å². The van der Waals surface area contributed by atoms with Gasteiger partial charge < -0.3 is 10.1 Å². The van der Waals surface area contributed by atoms with E-state index < -0.39 is 0 Å². The Morgan fingerprint density at radius 3 is 2.56 bits per heavy atom. The Bertz CT molecular complexity index is 257. The molecule has 18 heavy (non-hydrogen) atoms. The molecule has 0 saturated carbocycles. The van der Waals surface area contributed by atoms with Crippen molar-refractivity contribution < 1.29 is 4.74 Å². The average Bonchev–Trinajstić information content (AvgIpc) is 2.91. The van der Waals surface area contributed by atoms with Crippen molar-refractivity contribution in [3.63, 3.8) is 0 Å². The van der Waals surface area contributed by atoms with Crippen LogP contribution in [0.1, 0.15) is 47.0 Å². The lowest BCUT2D eigenvalue weighted by Crippen LogP contribution is -2.67. The smallest absolute Gasteiger partial charge is 0.0622 e. The Morgan fingerprint density at radius 1 is 1.33 bits per heavy atom. The summed E-state index contributed by atoms with van der Waals surface area (Å²) in [5, 5.41) is 3.83. The number of piperazine rings is 1. The summed E-state index contributed by atoms with van der Waals surface area (Å²) in [7, 11) is 0. The maximum absolute atomic E-state index is 5.61. The molecule has 2 heterocycles. The van der Waals surface area contributed by atoms with Crippen LogP contribution in [0, 0.1) is 5.92 Å². The first-order valence-corrected chi connectivity index (χ1v) is 7.70. The molecule has 2 unspecified atom stereocenters. The molecule has 0 aromatic rings. The summed E-state index contributed by atoms with van der Waals surface area (Å²) < 4.78 is 5.61. The first-order valence-electron chi connectivity index (χ1n) is 7.70. The number of rotatable bonds is 4. The summed E-state index contributed by atoms with van der Waals surface area (Å²) >= 11 is 0. The lowest BCUT2D eigenvalue weighted by atomic mass is 9.85. The van der Waals surface area contributed by atoms with E-state index in [2.05, 4.69) is 37.9 Å². The van der Waals surface area contributed by atoms with Crippen LogP contribution in [0.2, 0.25) is 0 Å². The van der Waals surface area contributed by atoms with E-state index in [0.29, 0.717) is 23.5 Å². The summed E-state index contributed by atoms with van der Waals surface area (Å²) in [4.78, 5) is 2.75. The molecule has 2 rings (SSSR count). The zero-order valence-electron chi connectivity index (χ0n) is 12.5. The van der Waals surface area contributed by atoms with Crippen LogP contribution in [-0.2, 0) is 4.74 Å². The fourth-order valence-electron chi connectivity index (χ4n) is 3.49. The molecule has 0 aromatic carbocycles. The maximum atomic E-state index is 5.61. The highest BCUT2D eigenvalue weighted by atomic mass is 16.5. The van der Waals surface area contributed by atoms with Crippen LogP contribution in [0.5, 0.6) is 0 Å². The van der Waals surface area contributed by atoms with E-state index in [4.69, 9.17) is 4.74 Å². The maximum Gasteiger partial charge on any atom is 0.0622 e. The summed E-state index contributed by atoms with van der Waals surface area (Å²) in [6, 6.07) is 1.32. The molecule has 3 nitrogen and oxygen atoms in total. The van der Waals surface area contributed by atoms with Crippen LogP contribution >= 0.6 is 0 Å². The van der Waals surface area contributed by atoms with Gasteiger partial charge in [-0.25, -0.2) is 0 Å². The Balaban J connectivity index is 2.12. The number of hydrogen-bond donors (Lipinski definition) is 1. The SMILES string of the molecule is CCC1(CC)CN(C2CCOC2)C(C(C)C)CN1. The van der Waals surface area contributed by atoms with Crippen LogP contribution < -0.4 is 5.32 Å². The number of nitrogens with one attached hydrogen (secondary N) is 1. The third-order valence-corrected chi connectivity index (χ3v) is 5.10. The normalized spacial score (nSPS) is 33.2. The highest BCUT2D eigenvalue weighted by molar-refractivity contribution is 5.00. The first-order chi connectivity index (χ1) is 8.62. The van der Waals surface area contributed by atoms with E-state index in [1.165, 1.54) is 25.8 Å². The van der Waals surface area contributed by atoms with E-state index in [9.17, 15) is 0 Å². The predicted octanol–water partition coefficient (Wildman–Crippen LogP) is 2.26. The number of nitrogens with zero attached hydrogens (tertiary/aromatic N) is 1. The molecule has 2 saturated heterocycles.